The number of nitrogens with zero attached hydrogens (tertiary/aromatic N) is 4. The maximum absolute atomic E-state index is 6.11. The monoisotopic (exact) mass is 402 g/mol. The molecule has 0 radical (unpaired) electrons. The van der Waals surface area contributed by atoms with Crippen LogP contribution in [0.1, 0.15) is 37.7 Å². The molecular formula is C23H22N4OS. The van der Waals surface area contributed by atoms with Crippen molar-refractivity contribution in [2.45, 2.75) is 38.1 Å². The van der Waals surface area contributed by atoms with E-state index < -0.39 is 0 Å². The molecule has 1 saturated carbocycles. The van der Waals surface area contributed by atoms with Gasteiger partial charge in [0, 0.05) is 23.2 Å². The maximum atomic E-state index is 6.11. The third-order valence-electron chi connectivity index (χ3n) is 5.26. The number of hydrogen-bond donors (Lipinski definition) is 0. The summed E-state index contributed by atoms with van der Waals surface area (Å²) in [6.07, 6.45) is 11.5. The quantitative estimate of drug-likeness (QED) is 0.425. The van der Waals surface area contributed by atoms with Crippen LogP contribution in [0.4, 0.5) is 0 Å². The van der Waals surface area contributed by atoms with Crippen molar-refractivity contribution in [3.63, 3.8) is 0 Å². The Hall–Kier alpha value is -2.99. The number of benzene rings is 1. The Balaban J connectivity index is 1.60. The Morgan fingerprint density at radius 3 is 2.72 bits per heavy atom. The van der Waals surface area contributed by atoms with Crippen LogP contribution in [0.25, 0.3) is 22.4 Å². The molecule has 0 atom stereocenters. The third kappa shape index (κ3) is 3.93. The van der Waals surface area contributed by atoms with Gasteiger partial charge in [0.1, 0.15) is 11.3 Å². The van der Waals surface area contributed by atoms with Crippen LogP contribution in [0.15, 0.2) is 74.7 Å². The fraction of sp³-hybridized carbons (Fsp3) is 0.261. The highest BCUT2D eigenvalue weighted by molar-refractivity contribution is 7.07. The van der Waals surface area contributed by atoms with E-state index in [4.69, 9.17) is 14.5 Å². The molecule has 0 bridgehead atoms. The lowest BCUT2D eigenvalue weighted by Gasteiger charge is -2.16. The summed E-state index contributed by atoms with van der Waals surface area (Å²) in [4.78, 5) is 10.0. The van der Waals surface area contributed by atoms with E-state index in [-0.39, 0.29) is 0 Å². The zero-order valence-corrected chi connectivity index (χ0v) is 16.9. The van der Waals surface area contributed by atoms with Gasteiger partial charge in [-0.1, -0.05) is 37.5 Å². The summed E-state index contributed by atoms with van der Waals surface area (Å²) in [5.74, 6) is 0.805. The molecule has 1 aliphatic carbocycles. The van der Waals surface area contributed by atoms with Gasteiger partial charge in [-0.05, 0) is 42.7 Å². The number of thiazole rings is 1. The Morgan fingerprint density at radius 2 is 1.90 bits per heavy atom. The SMILES string of the molecule is C(=Nn1c(-c2cc3ccccc3o2)csc1=NC1CCCCC1)c1ccncc1. The number of hydrogen-bond acceptors (Lipinski definition) is 5. The highest BCUT2D eigenvalue weighted by Gasteiger charge is 2.16. The van der Waals surface area contributed by atoms with Crippen LogP contribution in [0.3, 0.4) is 0 Å². The summed E-state index contributed by atoms with van der Waals surface area (Å²) in [5, 5.41) is 7.94. The molecule has 4 aromatic rings. The van der Waals surface area contributed by atoms with E-state index in [0.29, 0.717) is 6.04 Å². The molecule has 5 rings (SSSR count). The molecule has 3 heterocycles. The van der Waals surface area contributed by atoms with Gasteiger partial charge in [0.15, 0.2) is 5.76 Å². The van der Waals surface area contributed by atoms with Crippen molar-refractivity contribution in [3.05, 3.63) is 70.6 Å². The van der Waals surface area contributed by atoms with E-state index in [1.165, 1.54) is 19.3 Å². The number of para-hydroxylation sites is 1. The van der Waals surface area contributed by atoms with Crippen molar-refractivity contribution in [3.8, 4) is 11.5 Å². The summed E-state index contributed by atoms with van der Waals surface area (Å²) in [6.45, 7) is 0. The van der Waals surface area contributed by atoms with Crippen LogP contribution in [0.2, 0.25) is 0 Å². The van der Waals surface area contributed by atoms with Gasteiger partial charge in [-0.25, -0.2) is 4.68 Å². The minimum Gasteiger partial charge on any atom is -0.454 e. The lowest BCUT2D eigenvalue weighted by atomic mass is 9.96. The summed E-state index contributed by atoms with van der Waals surface area (Å²) in [6, 6.07) is 14.4. The second kappa shape index (κ2) is 8.17. The van der Waals surface area contributed by atoms with Crippen LogP contribution in [0, 0.1) is 0 Å². The first-order chi connectivity index (χ1) is 14.4. The lowest BCUT2D eigenvalue weighted by molar-refractivity contribution is 0.435. The minimum absolute atomic E-state index is 0.383. The fourth-order valence-electron chi connectivity index (χ4n) is 3.72. The Kier molecular flexibility index (Phi) is 5.09. The average molecular weight is 403 g/mol. The number of pyridine rings is 1. The molecule has 0 unspecified atom stereocenters. The van der Waals surface area contributed by atoms with Crippen LogP contribution in [-0.4, -0.2) is 21.9 Å². The van der Waals surface area contributed by atoms with Gasteiger partial charge in [-0.2, -0.15) is 5.10 Å². The van der Waals surface area contributed by atoms with Crippen molar-refractivity contribution in [1.29, 1.82) is 0 Å². The number of fused-ring (bicyclic) bond motifs is 1. The molecule has 1 aliphatic rings. The molecule has 6 heteroatoms. The summed E-state index contributed by atoms with van der Waals surface area (Å²) >= 11 is 1.62. The first-order valence-corrected chi connectivity index (χ1v) is 10.9. The van der Waals surface area contributed by atoms with E-state index in [1.807, 2.05) is 41.2 Å². The summed E-state index contributed by atoms with van der Waals surface area (Å²) in [7, 11) is 0. The molecular weight excluding hydrogens is 380 g/mol. The normalized spacial score (nSPS) is 16.2. The second-order valence-corrected chi connectivity index (χ2v) is 8.15. The summed E-state index contributed by atoms with van der Waals surface area (Å²) < 4.78 is 8.02. The molecule has 29 heavy (non-hydrogen) atoms. The van der Waals surface area contributed by atoms with Crippen molar-refractivity contribution in [2.75, 3.05) is 0 Å². The van der Waals surface area contributed by atoms with Gasteiger partial charge in [0.05, 0.1) is 12.3 Å². The molecule has 1 aromatic carbocycles. The molecule has 0 amide bonds. The summed E-state index contributed by atoms with van der Waals surface area (Å²) in [5.41, 5.74) is 2.80. The fourth-order valence-corrected chi connectivity index (χ4v) is 4.61. The maximum Gasteiger partial charge on any atom is 0.206 e. The van der Waals surface area contributed by atoms with E-state index in [2.05, 4.69) is 22.5 Å². The highest BCUT2D eigenvalue weighted by atomic mass is 32.1. The largest absolute Gasteiger partial charge is 0.454 e. The van der Waals surface area contributed by atoms with Gasteiger partial charge in [-0.3, -0.25) is 9.98 Å². The molecule has 0 N–H and O–H groups in total. The van der Waals surface area contributed by atoms with Crippen LogP contribution >= 0.6 is 11.3 Å². The van der Waals surface area contributed by atoms with Gasteiger partial charge >= 0.3 is 0 Å². The number of furan rings is 1. The molecule has 5 nitrogen and oxygen atoms in total. The minimum atomic E-state index is 0.383. The van der Waals surface area contributed by atoms with Gasteiger partial charge in [-0.15, -0.1) is 11.3 Å². The third-order valence-corrected chi connectivity index (χ3v) is 6.09. The van der Waals surface area contributed by atoms with Crippen LogP contribution < -0.4 is 4.80 Å². The van der Waals surface area contributed by atoms with Gasteiger partial charge in [0.25, 0.3) is 0 Å². The molecule has 146 valence electrons. The lowest BCUT2D eigenvalue weighted by Crippen LogP contribution is -2.18. The Labute approximate surface area is 173 Å². The number of rotatable bonds is 4. The highest BCUT2D eigenvalue weighted by Crippen LogP contribution is 2.28. The van der Waals surface area contributed by atoms with Crippen molar-refractivity contribution in [2.24, 2.45) is 10.1 Å². The Bertz CT molecular complexity index is 1160. The zero-order chi connectivity index (χ0) is 19.5. The van der Waals surface area contributed by atoms with Crippen molar-refractivity contribution >= 4 is 28.5 Å². The standard InChI is InChI=1S/C23H22N4OS/c1-2-7-19(8-3-1)26-23-27(25-15-17-10-12-24-13-11-17)20(16-29-23)22-14-18-6-4-5-9-21(18)28-22/h4-6,9-16,19H,1-3,7-8H2. The first kappa shape index (κ1) is 18.1. The smallest absolute Gasteiger partial charge is 0.206 e. The molecule has 1 fully saturated rings. The van der Waals surface area contributed by atoms with E-state index in [9.17, 15) is 0 Å². The van der Waals surface area contributed by atoms with Crippen molar-refractivity contribution in [1.82, 2.24) is 9.66 Å². The van der Waals surface area contributed by atoms with Gasteiger partial charge < -0.3 is 4.42 Å². The average Bonchev–Trinajstić information content (AvgIpc) is 3.37. The van der Waals surface area contributed by atoms with Crippen molar-refractivity contribution < 1.29 is 4.42 Å². The molecule has 0 saturated heterocycles. The Morgan fingerprint density at radius 1 is 1.07 bits per heavy atom. The van der Waals surface area contributed by atoms with E-state index >= 15 is 0 Å². The molecule has 0 spiro atoms. The van der Waals surface area contributed by atoms with Gasteiger partial charge in [0.2, 0.25) is 4.80 Å². The predicted octanol–water partition coefficient (Wildman–Crippen LogP) is 5.47. The second-order valence-electron chi connectivity index (χ2n) is 7.31. The first-order valence-electron chi connectivity index (χ1n) is 10.0. The molecule has 0 aliphatic heterocycles. The molecule has 3 aromatic heterocycles. The van der Waals surface area contributed by atoms with Crippen LogP contribution in [0.5, 0.6) is 0 Å². The van der Waals surface area contributed by atoms with Crippen LogP contribution in [-0.2, 0) is 0 Å². The van der Waals surface area contributed by atoms with E-state index in [0.717, 1.165) is 45.6 Å². The number of aromatic nitrogens is 2. The topological polar surface area (TPSA) is 55.7 Å². The van der Waals surface area contributed by atoms with E-state index in [1.54, 1.807) is 23.7 Å². The zero-order valence-electron chi connectivity index (χ0n) is 16.1. The predicted molar refractivity (Wildman–Crippen MR) is 117 cm³/mol.